The largest absolute Gasteiger partial charge is 0.492 e. The average Bonchev–Trinajstić information content (AvgIpc) is 3.46. The van der Waals surface area contributed by atoms with Gasteiger partial charge in [0.05, 0.1) is 6.26 Å². The highest BCUT2D eigenvalue weighted by Gasteiger charge is 2.37. The molecular formula is C20H23N5O2S+2. The molecule has 1 saturated heterocycles. The number of nitrogens with one attached hydrogen (secondary N) is 2. The van der Waals surface area contributed by atoms with E-state index in [1.54, 1.807) is 11.2 Å². The minimum absolute atomic E-state index is 0.0400. The van der Waals surface area contributed by atoms with Crippen LogP contribution < -0.4 is 9.80 Å². The molecule has 7 nitrogen and oxygen atoms in total. The molecule has 1 atom stereocenters. The number of hydrogen-bond acceptors (Lipinski definition) is 5. The number of aromatic hydroxyl groups is 1. The third-order valence-electron chi connectivity index (χ3n) is 5.53. The molecule has 4 heterocycles. The number of fused-ring (bicyclic) bond motifs is 1. The predicted molar refractivity (Wildman–Crippen MR) is 105 cm³/mol. The summed E-state index contributed by atoms with van der Waals surface area (Å²) >= 11 is 1.49. The SMILES string of the molecule is Oc1c([C@H](c2ccco2)[NH+]2CC[NH+](Cc3ccccc3)CC2)sc2ncnn12. The fraction of sp³-hybridized carbons (Fsp3) is 0.300. The predicted octanol–water partition coefficient (Wildman–Crippen LogP) is 0.162. The summed E-state index contributed by atoms with van der Waals surface area (Å²) in [7, 11) is 0. The lowest BCUT2D eigenvalue weighted by atomic mass is 10.1. The Morgan fingerprint density at radius 1 is 1.11 bits per heavy atom. The van der Waals surface area contributed by atoms with E-state index in [-0.39, 0.29) is 11.9 Å². The second-order valence-electron chi connectivity index (χ2n) is 7.26. The van der Waals surface area contributed by atoms with E-state index in [9.17, 15) is 5.11 Å². The van der Waals surface area contributed by atoms with Crippen LogP contribution in [0, 0.1) is 0 Å². The van der Waals surface area contributed by atoms with Crippen LogP contribution in [0.1, 0.15) is 22.2 Å². The molecule has 4 aromatic rings. The Balaban J connectivity index is 1.37. The molecule has 0 bridgehead atoms. The van der Waals surface area contributed by atoms with Gasteiger partial charge in [-0.15, -0.1) is 0 Å². The number of nitrogens with zero attached hydrogens (tertiary/aromatic N) is 3. The average molecular weight is 398 g/mol. The Bertz CT molecular complexity index is 1040. The van der Waals surface area contributed by atoms with Gasteiger partial charge < -0.3 is 19.3 Å². The van der Waals surface area contributed by atoms with Gasteiger partial charge in [-0.3, -0.25) is 0 Å². The normalized spacial score (nSPS) is 21.1. The van der Waals surface area contributed by atoms with Gasteiger partial charge in [0.1, 0.15) is 43.9 Å². The first-order chi connectivity index (χ1) is 13.8. The summed E-state index contributed by atoms with van der Waals surface area (Å²) in [6, 6.07) is 14.5. The number of benzene rings is 1. The second kappa shape index (κ2) is 7.38. The molecule has 0 aliphatic carbocycles. The number of aromatic nitrogens is 3. The molecule has 0 saturated carbocycles. The summed E-state index contributed by atoms with van der Waals surface area (Å²) in [5.74, 6) is 1.05. The van der Waals surface area contributed by atoms with Crippen molar-refractivity contribution in [3.05, 3.63) is 71.3 Å². The summed E-state index contributed by atoms with van der Waals surface area (Å²) in [4.78, 5) is 8.81. The lowest BCUT2D eigenvalue weighted by Crippen LogP contribution is -3.27. The molecule has 0 radical (unpaired) electrons. The fourth-order valence-electron chi connectivity index (χ4n) is 4.13. The maximum Gasteiger partial charge on any atom is 0.235 e. The van der Waals surface area contributed by atoms with Crippen LogP contribution in [0.2, 0.25) is 0 Å². The first-order valence-electron chi connectivity index (χ1n) is 9.56. The molecule has 1 aliphatic rings. The van der Waals surface area contributed by atoms with Gasteiger partial charge in [-0.25, -0.2) is 4.98 Å². The van der Waals surface area contributed by atoms with Crippen molar-refractivity contribution < 1.29 is 19.3 Å². The van der Waals surface area contributed by atoms with E-state index in [1.165, 1.54) is 32.6 Å². The van der Waals surface area contributed by atoms with Crippen molar-refractivity contribution in [2.75, 3.05) is 26.2 Å². The number of furan rings is 1. The smallest absolute Gasteiger partial charge is 0.235 e. The van der Waals surface area contributed by atoms with E-state index in [2.05, 4.69) is 40.4 Å². The molecule has 144 valence electrons. The van der Waals surface area contributed by atoms with Crippen LogP contribution in [-0.2, 0) is 6.54 Å². The Morgan fingerprint density at radius 2 is 1.93 bits per heavy atom. The molecule has 5 rings (SSSR count). The molecule has 28 heavy (non-hydrogen) atoms. The Labute approximate surface area is 166 Å². The molecule has 3 aromatic heterocycles. The number of piperazine rings is 1. The van der Waals surface area contributed by atoms with Gasteiger partial charge in [-0.05, 0) is 12.1 Å². The zero-order valence-electron chi connectivity index (χ0n) is 15.4. The number of thiazole rings is 1. The summed E-state index contributed by atoms with van der Waals surface area (Å²) in [6.45, 7) is 5.26. The quantitative estimate of drug-likeness (QED) is 0.449. The molecule has 1 fully saturated rings. The van der Waals surface area contributed by atoms with Gasteiger partial charge in [0.2, 0.25) is 10.8 Å². The van der Waals surface area contributed by atoms with Crippen LogP contribution in [0.25, 0.3) is 4.96 Å². The van der Waals surface area contributed by atoms with Crippen LogP contribution in [-0.4, -0.2) is 45.9 Å². The highest BCUT2D eigenvalue weighted by molar-refractivity contribution is 7.17. The summed E-state index contributed by atoms with van der Waals surface area (Å²) in [6.07, 6.45) is 3.17. The Hall–Kier alpha value is -2.68. The van der Waals surface area contributed by atoms with E-state index in [4.69, 9.17) is 4.42 Å². The van der Waals surface area contributed by atoms with Crippen LogP contribution in [0.5, 0.6) is 5.88 Å². The standard InChI is InChI=1S/C20H21N5O2S/c26-19-18(28-20-21-14-22-25(19)20)17(16-7-4-12-27-16)24-10-8-23(9-11-24)13-15-5-2-1-3-6-15/h1-7,12,14,17,26H,8-11,13H2/p+2/t17-/m0/s1. The highest BCUT2D eigenvalue weighted by Crippen LogP contribution is 2.34. The lowest BCUT2D eigenvalue weighted by molar-refractivity contribution is -1.03. The summed E-state index contributed by atoms with van der Waals surface area (Å²) < 4.78 is 7.28. The fourth-order valence-corrected chi connectivity index (χ4v) is 5.22. The van der Waals surface area contributed by atoms with Crippen LogP contribution in [0.15, 0.2) is 59.5 Å². The molecule has 8 heteroatoms. The molecule has 0 spiro atoms. The maximum atomic E-state index is 10.7. The third-order valence-corrected chi connectivity index (χ3v) is 6.63. The second-order valence-corrected chi connectivity index (χ2v) is 8.27. The minimum Gasteiger partial charge on any atom is -0.492 e. The first kappa shape index (κ1) is 17.4. The van der Waals surface area contributed by atoms with E-state index in [0.717, 1.165) is 43.4 Å². The Morgan fingerprint density at radius 3 is 2.64 bits per heavy atom. The van der Waals surface area contributed by atoms with E-state index in [0.29, 0.717) is 4.96 Å². The Kier molecular flexibility index (Phi) is 4.59. The van der Waals surface area contributed by atoms with Crippen LogP contribution in [0.4, 0.5) is 0 Å². The van der Waals surface area contributed by atoms with E-state index >= 15 is 0 Å². The first-order valence-corrected chi connectivity index (χ1v) is 10.4. The molecule has 3 N–H and O–H groups in total. The van der Waals surface area contributed by atoms with Gasteiger partial charge in [-0.1, -0.05) is 41.7 Å². The van der Waals surface area contributed by atoms with Crippen molar-refractivity contribution in [1.29, 1.82) is 0 Å². The third kappa shape index (κ3) is 3.19. The monoisotopic (exact) mass is 397 g/mol. The number of quaternary nitrogens is 2. The van der Waals surface area contributed by atoms with Crippen molar-refractivity contribution in [3.8, 4) is 5.88 Å². The zero-order valence-corrected chi connectivity index (χ0v) is 16.2. The van der Waals surface area contributed by atoms with E-state index in [1.807, 2.05) is 12.1 Å². The molecule has 1 aliphatic heterocycles. The van der Waals surface area contributed by atoms with Crippen molar-refractivity contribution in [2.24, 2.45) is 0 Å². The molecular weight excluding hydrogens is 374 g/mol. The van der Waals surface area contributed by atoms with Gasteiger partial charge in [-0.2, -0.15) is 9.61 Å². The topological polar surface area (TPSA) is 72.4 Å². The van der Waals surface area contributed by atoms with Crippen molar-refractivity contribution in [3.63, 3.8) is 0 Å². The number of hydrogen-bond donors (Lipinski definition) is 3. The maximum absolute atomic E-state index is 10.7. The van der Waals surface area contributed by atoms with Crippen molar-refractivity contribution in [1.82, 2.24) is 14.6 Å². The van der Waals surface area contributed by atoms with Crippen molar-refractivity contribution >= 4 is 16.3 Å². The van der Waals surface area contributed by atoms with Crippen LogP contribution in [0.3, 0.4) is 0 Å². The van der Waals surface area contributed by atoms with Gasteiger partial charge in [0.25, 0.3) is 0 Å². The molecule has 0 unspecified atom stereocenters. The van der Waals surface area contributed by atoms with Crippen molar-refractivity contribution in [2.45, 2.75) is 12.6 Å². The molecule has 0 amide bonds. The summed E-state index contributed by atoms with van der Waals surface area (Å²) in [5.41, 5.74) is 1.38. The van der Waals surface area contributed by atoms with Crippen LogP contribution >= 0.6 is 11.3 Å². The lowest BCUT2D eigenvalue weighted by Gasteiger charge is -2.33. The number of rotatable bonds is 5. The van der Waals surface area contributed by atoms with Gasteiger partial charge in [0, 0.05) is 5.56 Å². The minimum atomic E-state index is -0.0400. The highest BCUT2D eigenvalue weighted by atomic mass is 32.1. The zero-order chi connectivity index (χ0) is 18.9. The van der Waals surface area contributed by atoms with E-state index < -0.39 is 0 Å². The van der Waals surface area contributed by atoms with Gasteiger partial charge >= 0.3 is 0 Å². The summed E-state index contributed by atoms with van der Waals surface area (Å²) in [5, 5.41) is 14.9. The van der Waals surface area contributed by atoms with Gasteiger partial charge in [0.15, 0.2) is 11.8 Å². The molecule has 1 aromatic carbocycles.